The van der Waals surface area contributed by atoms with Gasteiger partial charge in [0, 0.05) is 19.4 Å². The van der Waals surface area contributed by atoms with Crippen LogP contribution in [0, 0.1) is 6.92 Å². The number of rotatable bonds is 4. The minimum absolute atomic E-state index is 0.157. The fourth-order valence-electron chi connectivity index (χ4n) is 2.51. The van der Waals surface area contributed by atoms with Crippen molar-refractivity contribution in [3.63, 3.8) is 0 Å². The Morgan fingerprint density at radius 2 is 1.58 bits per heavy atom. The van der Waals surface area contributed by atoms with Crippen LogP contribution in [-0.4, -0.2) is 17.7 Å². The molecule has 1 heterocycles. The Labute approximate surface area is 152 Å². The summed E-state index contributed by atoms with van der Waals surface area (Å²) in [6, 6.07) is 15.2. The van der Waals surface area contributed by atoms with E-state index in [-0.39, 0.29) is 5.57 Å². The van der Waals surface area contributed by atoms with E-state index in [1.165, 1.54) is 25.5 Å². The lowest BCUT2D eigenvalue weighted by atomic mass is 10.1. The first kappa shape index (κ1) is 17.7. The molecule has 1 aliphatic rings. The maximum absolute atomic E-state index is 12.1. The third kappa shape index (κ3) is 4.11. The van der Waals surface area contributed by atoms with Crippen molar-refractivity contribution in [3.8, 4) is 5.75 Å². The lowest BCUT2D eigenvalue weighted by Crippen LogP contribution is -2.41. The quantitative estimate of drug-likeness (QED) is 0.476. The molecule has 0 unspecified atom stereocenters. The molecule has 0 radical (unpaired) electrons. The predicted molar refractivity (Wildman–Crippen MR) is 96.2 cm³/mol. The van der Waals surface area contributed by atoms with Gasteiger partial charge in [-0.1, -0.05) is 48.0 Å². The highest BCUT2D eigenvalue weighted by Crippen LogP contribution is 2.27. The van der Waals surface area contributed by atoms with E-state index in [4.69, 9.17) is 14.2 Å². The first-order valence-electron chi connectivity index (χ1n) is 8.30. The van der Waals surface area contributed by atoms with Crippen molar-refractivity contribution >= 4 is 18.0 Å². The van der Waals surface area contributed by atoms with Crippen molar-refractivity contribution in [1.82, 2.24) is 0 Å². The predicted octanol–water partition coefficient (Wildman–Crippen LogP) is 3.79. The molecule has 0 bridgehead atoms. The summed E-state index contributed by atoms with van der Waals surface area (Å²) < 4.78 is 16.1. The molecule has 1 fully saturated rings. The average molecular weight is 352 g/mol. The summed E-state index contributed by atoms with van der Waals surface area (Å²) in [6.07, 6.45) is 1.43. The van der Waals surface area contributed by atoms with Gasteiger partial charge in [0.1, 0.15) is 17.9 Å². The van der Waals surface area contributed by atoms with E-state index in [9.17, 15) is 9.59 Å². The summed E-state index contributed by atoms with van der Waals surface area (Å²) >= 11 is 0. The van der Waals surface area contributed by atoms with Gasteiger partial charge in [0.05, 0.1) is 0 Å². The van der Waals surface area contributed by atoms with Gasteiger partial charge in [-0.2, -0.15) is 0 Å². The first-order valence-corrected chi connectivity index (χ1v) is 8.30. The third-order valence-electron chi connectivity index (χ3n) is 3.85. The standard InChI is InChI=1S/C21H20O5/c1-14-8-10-15(11-9-14)13-24-18-7-5-4-6-16(18)12-17-19(22)25-21(2,3)26-20(17)23/h4-12H,13H2,1-3H3. The molecule has 0 aliphatic carbocycles. The normalized spacial score (nSPS) is 15.9. The zero-order valence-electron chi connectivity index (χ0n) is 14.9. The monoisotopic (exact) mass is 352 g/mol. The number of hydrogen-bond acceptors (Lipinski definition) is 5. The van der Waals surface area contributed by atoms with Crippen LogP contribution in [0.4, 0.5) is 0 Å². The van der Waals surface area contributed by atoms with Crippen molar-refractivity contribution in [2.24, 2.45) is 0 Å². The van der Waals surface area contributed by atoms with Crippen molar-refractivity contribution in [3.05, 3.63) is 70.8 Å². The smallest absolute Gasteiger partial charge is 0.348 e. The summed E-state index contributed by atoms with van der Waals surface area (Å²) in [5, 5.41) is 0. The van der Waals surface area contributed by atoms with Gasteiger partial charge in [0.2, 0.25) is 0 Å². The minimum Gasteiger partial charge on any atom is -0.488 e. The van der Waals surface area contributed by atoms with Crippen molar-refractivity contribution < 1.29 is 23.8 Å². The van der Waals surface area contributed by atoms with E-state index >= 15 is 0 Å². The molecule has 0 spiro atoms. The van der Waals surface area contributed by atoms with Crippen LogP contribution in [0.3, 0.4) is 0 Å². The van der Waals surface area contributed by atoms with Gasteiger partial charge in [0.25, 0.3) is 5.79 Å². The van der Waals surface area contributed by atoms with E-state index < -0.39 is 17.7 Å². The van der Waals surface area contributed by atoms with Crippen molar-refractivity contribution in [2.45, 2.75) is 33.2 Å². The molecule has 134 valence electrons. The van der Waals surface area contributed by atoms with E-state index in [1.54, 1.807) is 18.2 Å². The number of carbonyl (C=O) groups is 2. The van der Waals surface area contributed by atoms with Gasteiger partial charge in [-0.15, -0.1) is 0 Å². The van der Waals surface area contributed by atoms with E-state index in [1.807, 2.05) is 37.3 Å². The summed E-state index contributed by atoms with van der Waals surface area (Å²) in [4.78, 5) is 24.2. The van der Waals surface area contributed by atoms with Gasteiger partial charge in [-0.3, -0.25) is 0 Å². The number of benzene rings is 2. The topological polar surface area (TPSA) is 61.8 Å². The number of aryl methyl sites for hydroxylation is 1. The molecule has 0 amide bonds. The number of ether oxygens (including phenoxy) is 3. The Bertz CT molecular complexity index is 840. The molecule has 2 aromatic carbocycles. The Hall–Kier alpha value is -3.08. The number of hydrogen-bond donors (Lipinski definition) is 0. The lowest BCUT2D eigenvalue weighted by Gasteiger charge is -2.29. The number of para-hydroxylation sites is 1. The van der Waals surface area contributed by atoms with Gasteiger partial charge in [-0.05, 0) is 24.6 Å². The molecule has 0 atom stereocenters. The van der Waals surface area contributed by atoms with Gasteiger partial charge in [0.15, 0.2) is 0 Å². The summed E-state index contributed by atoms with van der Waals surface area (Å²) in [7, 11) is 0. The van der Waals surface area contributed by atoms with Crippen LogP contribution in [0.15, 0.2) is 54.1 Å². The molecular formula is C21H20O5. The second kappa shape index (κ2) is 7.04. The number of cyclic esters (lactones) is 2. The molecule has 5 heteroatoms. The number of esters is 2. The molecule has 0 aromatic heterocycles. The fourth-order valence-corrected chi connectivity index (χ4v) is 2.51. The van der Waals surface area contributed by atoms with Crippen LogP contribution >= 0.6 is 0 Å². The van der Waals surface area contributed by atoms with Crippen molar-refractivity contribution in [1.29, 1.82) is 0 Å². The van der Waals surface area contributed by atoms with Crippen LogP contribution < -0.4 is 4.74 Å². The largest absolute Gasteiger partial charge is 0.488 e. The highest BCUT2D eigenvalue weighted by Gasteiger charge is 2.38. The molecule has 1 saturated heterocycles. The molecule has 2 aromatic rings. The molecule has 26 heavy (non-hydrogen) atoms. The zero-order chi connectivity index (χ0) is 18.7. The molecule has 1 aliphatic heterocycles. The highest BCUT2D eigenvalue weighted by atomic mass is 16.7. The van der Waals surface area contributed by atoms with Crippen LogP contribution in [0.5, 0.6) is 5.75 Å². The molecule has 5 nitrogen and oxygen atoms in total. The van der Waals surface area contributed by atoms with E-state index in [0.29, 0.717) is 17.9 Å². The van der Waals surface area contributed by atoms with Gasteiger partial charge in [-0.25, -0.2) is 9.59 Å². The molecule has 0 N–H and O–H groups in total. The van der Waals surface area contributed by atoms with E-state index in [2.05, 4.69) is 0 Å². The van der Waals surface area contributed by atoms with E-state index in [0.717, 1.165) is 5.56 Å². The third-order valence-corrected chi connectivity index (χ3v) is 3.85. The minimum atomic E-state index is -1.26. The zero-order valence-corrected chi connectivity index (χ0v) is 14.9. The van der Waals surface area contributed by atoms with Crippen LogP contribution in [0.25, 0.3) is 6.08 Å². The first-order chi connectivity index (χ1) is 12.3. The Morgan fingerprint density at radius 3 is 2.23 bits per heavy atom. The Morgan fingerprint density at radius 1 is 0.962 bits per heavy atom. The number of carbonyl (C=O) groups excluding carboxylic acids is 2. The maximum Gasteiger partial charge on any atom is 0.348 e. The summed E-state index contributed by atoms with van der Waals surface area (Å²) in [5.41, 5.74) is 2.64. The summed E-state index contributed by atoms with van der Waals surface area (Å²) in [5.74, 6) is -2.11. The Balaban J connectivity index is 1.82. The highest BCUT2D eigenvalue weighted by molar-refractivity contribution is 6.19. The maximum atomic E-state index is 12.1. The fraction of sp³-hybridized carbons (Fsp3) is 0.238. The summed E-state index contributed by atoms with van der Waals surface area (Å²) in [6.45, 7) is 5.43. The molecule has 3 rings (SSSR count). The molecular weight excluding hydrogens is 332 g/mol. The van der Waals surface area contributed by atoms with Gasteiger partial charge < -0.3 is 14.2 Å². The second-order valence-corrected chi connectivity index (χ2v) is 6.55. The Kier molecular flexibility index (Phi) is 4.80. The lowest BCUT2D eigenvalue weighted by molar-refractivity contribution is -0.222. The van der Waals surface area contributed by atoms with Crippen molar-refractivity contribution in [2.75, 3.05) is 0 Å². The van der Waals surface area contributed by atoms with Crippen LogP contribution in [-0.2, 0) is 25.7 Å². The van der Waals surface area contributed by atoms with Crippen LogP contribution in [0.2, 0.25) is 0 Å². The molecule has 0 saturated carbocycles. The average Bonchev–Trinajstić information content (AvgIpc) is 2.58. The van der Waals surface area contributed by atoms with Gasteiger partial charge >= 0.3 is 11.9 Å². The second-order valence-electron chi connectivity index (χ2n) is 6.55. The SMILES string of the molecule is Cc1ccc(COc2ccccc2C=C2C(=O)OC(C)(C)OC2=O)cc1. The van der Waals surface area contributed by atoms with Crippen LogP contribution in [0.1, 0.15) is 30.5 Å².